The van der Waals surface area contributed by atoms with Crippen molar-refractivity contribution in [2.75, 3.05) is 29.9 Å². The molecule has 1 aliphatic rings. The number of nitrogens with one attached hydrogen (secondary N) is 2. The second-order valence-corrected chi connectivity index (χ2v) is 11.6. The van der Waals surface area contributed by atoms with Crippen molar-refractivity contribution < 1.29 is 42.5 Å². The van der Waals surface area contributed by atoms with E-state index in [9.17, 15) is 32.7 Å². The average Bonchev–Trinajstić information content (AvgIpc) is 3.11. The number of anilines is 2. The fourth-order valence-corrected chi connectivity index (χ4v) is 5.28. The lowest BCUT2D eigenvalue weighted by atomic mass is 9.96. The Morgan fingerprint density at radius 2 is 1.57 bits per heavy atom. The monoisotopic (exact) mass is 710 g/mol. The van der Waals surface area contributed by atoms with Gasteiger partial charge in [0.1, 0.15) is 18.2 Å². The van der Waals surface area contributed by atoms with Crippen LogP contribution in [0.1, 0.15) is 24.8 Å². The predicted octanol–water partition coefficient (Wildman–Crippen LogP) is 5.04. The van der Waals surface area contributed by atoms with Crippen molar-refractivity contribution in [1.29, 1.82) is 0 Å². The van der Waals surface area contributed by atoms with Gasteiger partial charge < -0.3 is 30.5 Å². The Kier molecular flexibility index (Phi) is 13.5. The number of rotatable bonds is 12. The molecule has 13 nitrogen and oxygen atoms in total. The van der Waals surface area contributed by atoms with Gasteiger partial charge >= 0.3 is 29.9 Å². The third-order valence-corrected chi connectivity index (χ3v) is 7.82. The Morgan fingerprint density at radius 1 is 0.941 bits per heavy atom. The van der Waals surface area contributed by atoms with Crippen LogP contribution < -0.4 is 21.2 Å². The number of piperidine rings is 1. The molecule has 51 heavy (non-hydrogen) atoms. The number of hydrogen-bond acceptors (Lipinski definition) is 9. The summed E-state index contributed by atoms with van der Waals surface area (Å²) in [5.74, 6) is -1.96. The minimum Gasteiger partial charge on any atom is -0.481 e. The van der Waals surface area contributed by atoms with Gasteiger partial charge in [0, 0.05) is 44.1 Å². The average molecular weight is 711 g/mol. The Morgan fingerprint density at radius 3 is 2.16 bits per heavy atom. The Hall–Kier alpha value is -5.93. The third kappa shape index (κ3) is 12.2. The highest BCUT2D eigenvalue weighted by Crippen LogP contribution is 2.31. The number of aliphatic carboxylic acids is 2. The van der Waals surface area contributed by atoms with Crippen molar-refractivity contribution in [3.8, 4) is 11.1 Å². The number of alkyl halides is 3. The maximum Gasteiger partial charge on any atom is 0.490 e. The van der Waals surface area contributed by atoms with Gasteiger partial charge in [0.2, 0.25) is 0 Å². The SMILES string of the molecule is O=C(O)C(F)(F)F.O=C(O)CC(Cn1cc(-c2ccccc2)c(N2CCC(CNc3ccccn3)CC2)nc1=O)NC(=O)OCc1ccccc1. The topological polar surface area (TPSA) is 176 Å². The first-order valence-corrected chi connectivity index (χ1v) is 15.9. The molecule has 1 fully saturated rings. The molecule has 4 aromatic rings. The first-order valence-electron chi connectivity index (χ1n) is 15.9. The van der Waals surface area contributed by atoms with E-state index in [1.165, 1.54) is 4.57 Å². The molecular weight excluding hydrogens is 673 g/mol. The zero-order valence-electron chi connectivity index (χ0n) is 27.3. The van der Waals surface area contributed by atoms with E-state index in [-0.39, 0.29) is 13.2 Å². The summed E-state index contributed by atoms with van der Waals surface area (Å²) >= 11 is 0. The minimum atomic E-state index is -5.08. The van der Waals surface area contributed by atoms with Gasteiger partial charge in [0.15, 0.2) is 0 Å². The van der Waals surface area contributed by atoms with Crippen LogP contribution in [0.2, 0.25) is 0 Å². The van der Waals surface area contributed by atoms with Gasteiger partial charge in [-0.05, 0) is 42.0 Å². The van der Waals surface area contributed by atoms with E-state index in [1.54, 1.807) is 12.4 Å². The lowest BCUT2D eigenvalue weighted by molar-refractivity contribution is -0.192. The van der Waals surface area contributed by atoms with E-state index < -0.39 is 42.4 Å². The molecule has 0 bridgehead atoms. The Labute approximate surface area is 290 Å². The molecule has 3 heterocycles. The number of benzene rings is 2. The summed E-state index contributed by atoms with van der Waals surface area (Å²) in [5.41, 5.74) is 1.92. The fourth-order valence-electron chi connectivity index (χ4n) is 5.28. The second-order valence-electron chi connectivity index (χ2n) is 11.6. The number of carbonyl (C=O) groups excluding carboxylic acids is 1. The summed E-state index contributed by atoms with van der Waals surface area (Å²) in [6.07, 6.45) is -0.915. The standard InChI is InChI=1S/C33H36N6O5.C2HF3O2/c40-30(41)19-27(36-33(43)44-23-25-9-3-1-4-10-25)21-39-22-28(26-11-5-2-6-12-26)31(37-32(39)42)38-17-14-24(15-18-38)20-35-29-13-7-8-16-34-29;3-2(4,5)1(6)7/h1-13,16,22,24,27H,14-15,17-21,23H2,(H,34,35)(H,36,43)(H,40,41);(H,6,7). The van der Waals surface area contributed by atoms with Crippen molar-refractivity contribution >= 4 is 29.7 Å². The number of pyridine rings is 1. The number of ether oxygens (including phenoxy) is 1. The molecule has 16 heteroatoms. The number of carbonyl (C=O) groups is 3. The van der Waals surface area contributed by atoms with Gasteiger partial charge in [-0.1, -0.05) is 66.7 Å². The van der Waals surface area contributed by atoms with Gasteiger partial charge in [-0.15, -0.1) is 0 Å². The van der Waals surface area contributed by atoms with Crippen LogP contribution in [0, 0.1) is 5.92 Å². The molecule has 2 aromatic carbocycles. The van der Waals surface area contributed by atoms with Crippen LogP contribution in [0.4, 0.5) is 29.6 Å². The minimum absolute atomic E-state index is 0.0384. The lowest BCUT2D eigenvalue weighted by Crippen LogP contribution is -2.43. The summed E-state index contributed by atoms with van der Waals surface area (Å²) in [7, 11) is 0. The van der Waals surface area contributed by atoms with Crippen LogP contribution in [0.25, 0.3) is 11.1 Å². The van der Waals surface area contributed by atoms with Crippen LogP contribution in [0.3, 0.4) is 0 Å². The number of carboxylic acid groups (broad SMARTS) is 2. The number of nitrogens with zero attached hydrogens (tertiary/aromatic N) is 4. The largest absolute Gasteiger partial charge is 0.490 e. The smallest absolute Gasteiger partial charge is 0.481 e. The Balaban J connectivity index is 0.000000755. The highest BCUT2D eigenvalue weighted by Gasteiger charge is 2.38. The molecule has 1 unspecified atom stereocenters. The van der Waals surface area contributed by atoms with E-state index >= 15 is 0 Å². The number of carboxylic acids is 2. The molecular formula is C35H37F3N6O7. The lowest BCUT2D eigenvalue weighted by Gasteiger charge is -2.34. The van der Waals surface area contributed by atoms with Gasteiger partial charge in [-0.25, -0.2) is 19.4 Å². The molecule has 270 valence electrons. The molecule has 1 aliphatic heterocycles. The number of aromatic nitrogens is 3. The summed E-state index contributed by atoms with van der Waals surface area (Å²) in [5, 5.41) is 22.7. The van der Waals surface area contributed by atoms with Crippen LogP contribution in [-0.2, 0) is 27.5 Å². The number of hydrogen-bond donors (Lipinski definition) is 4. The van der Waals surface area contributed by atoms with Crippen LogP contribution in [-0.4, -0.2) is 74.6 Å². The van der Waals surface area contributed by atoms with Crippen LogP contribution in [0.5, 0.6) is 0 Å². The summed E-state index contributed by atoms with van der Waals surface area (Å²) < 4.78 is 38.4. The van der Waals surface area contributed by atoms with Crippen molar-refractivity contribution in [2.45, 2.75) is 44.6 Å². The molecule has 1 atom stereocenters. The highest BCUT2D eigenvalue weighted by atomic mass is 19.4. The van der Waals surface area contributed by atoms with E-state index in [2.05, 4.69) is 25.5 Å². The number of halogens is 3. The zero-order chi connectivity index (χ0) is 36.8. The van der Waals surface area contributed by atoms with Crippen molar-refractivity contribution in [3.63, 3.8) is 0 Å². The van der Waals surface area contributed by atoms with Gasteiger partial charge in [-0.3, -0.25) is 9.36 Å². The van der Waals surface area contributed by atoms with Crippen LogP contribution >= 0.6 is 0 Å². The summed E-state index contributed by atoms with van der Waals surface area (Å²) in [6, 6.07) is 23.7. The van der Waals surface area contributed by atoms with Crippen LogP contribution in [0.15, 0.2) is 96.1 Å². The predicted molar refractivity (Wildman–Crippen MR) is 181 cm³/mol. The molecule has 2 aromatic heterocycles. The maximum absolute atomic E-state index is 13.3. The van der Waals surface area contributed by atoms with Gasteiger partial charge in [-0.2, -0.15) is 18.2 Å². The summed E-state index contributed by atoms with van der Waals surface area (Å²) in [4.78, 5) is 57.4. The fraction of sp³-hybridized carbons (Fsp3) is 0.314. The first-order chi connectivity index (χ1) is 24.4. The number of alkyl carbamates (subject to hydrolysis) is 1. The molecule has 0 radical (unpaired) electrons. The zero-order valence-corrected chi connectivity index (χ0v) is 27.3. The molecule has 0 saturated carbocycles. The molecule has 5 rings (SSSR count). The number of amides is 1. The van der Waals surface area contributed by atoms with Gasteiger partial charge in [0.25, 0.3) is 0 Å². The molecule has 1 saturated heterocycles. The van der Waals surface area contributed by atoms with Crippen molar-refractivity contribution in [3.05, 3.63) is 107 Å². The maximum atomic E-state index is 13.3. The molecule has 0 aliphatic carbocycles. The Bertz CT molecular complexity index is 1790. The van der Waals surface area contributed by atoms with Crippen molar-refractivity contribution in [2.24, 2.45) is 5.92 Å². The molecule has 1 amide bonds. The van der Waals surface area contributed by atoms with Crippen molar-refractivity contribution in [1.82, 2.24) is 19.9 Å². The van der Waals surface area contributed by atoms with E-state index in [0.29, 0.717) is 11.7 Å². The van der Waals surface area contributed by atoms with E-state index in [4.69, 9.17) is 14.6 Å². The molecule has 4 N–H and O–H groups in total. The molecule has 0 spiro atoms. The van der Waals surface area contributed by atoms with Gasteiger partial charge in [0.05, 0.1) is 12.5 Å². The highest BCUT2D eigenvalue weighted by molar-refractivity contribution is 5.75. The first kappa shape index (κ1) is 37.9. The normalized spacial score (nSPS) is 13.7. The third-order valence-electron chi connectivity index (χ3n) is 7.82. The van der Waals surface area contributed by atoms with E-state index in [1.807, 2.05) is 78.9 Å². The van der Waals surface area contributed by atoms with E-state index in [0.717, 1.165) is 55.0 Å². The quantitative estimate of drug-likeness (QED) is 0.155. The second kappa shape index (κ2) is 18.2. The summed E-state index contributed by atoms with van der Waals surface area (Å²) in [6.45, 7) is 2.25.